The summed E-state index contributed by atoms with van der Waals surface area (Å²) >= 11 is 12.0. The maximum absolute atomic E-state index is 13.1. The van der Waals surface area contributed by atoms with E-state index in [9.17, 15) is 31.1 Å². The highest BCUT2D eigenvalue weighted by Crippen LogP contribution is 2.37. The third kappa shape index (κ3) is 6.02. The standard InChI is InChI=1S/C22H18Cl2F6N2O/c1-32(11-12-6-14(21(25,26)27)9-15(7-12)22(28,29)30)20(33)16-4-5-31-10-17(16)13-2-3-18(23)19(24)8-13/h2-3,6-9,31H,4-5,10-11H2,1H3. The summed E-state index contributed by atoms with van der Waals surface area (Å²) in [5.41, 5.74) is -1.45. The highest BCUT2D eigenvalue weighted by Gasteiger charge is 2.37. The van der Waals surface area contributed by atoms with Gasteiger partial charge < -0.3 is 10.2 Å². The van der Waals surface area contributed by atoms with E-state index in [1.54, 1.807) is 18.2 Å². The van der Waals surface area contributed by atoms with Crippen LogP contribution in [0.1, 0.15) is 28.7 Å². The van der Waals surface area contributed by atoms with Crippen LogP contribution in [0.3, 0.4) is 0 Å². The lowest BCUT2D eigenvalue weighted by Crippen LogP contribution is -2.34. The zero-order chi connectivity index (χ0) is 24.6. The lowest BCUT2D eigenvalue weighted by molar-refractivity contribution is -0.143. The number of hydrogen-bond acceptors (Lipinski definition) is 2. The van der Waals surface area contributed by atoms with Gasteiger partial charge in [0.15, 0.2) is 0 Å². The number of carbonyl (C=O) groups excluding carboxylic acids is 1. The molecule has 0 bridgehead atoms. The van der Waals surface area contributed by atoms with Crippen molar-refractivity contribution in [1.82, 2.24) is 10.2 Å². The third-order valence-corrected chi connectivity index (χ3v) is 5.90. The molecule has 0 spiro atoms. The first-order chi connectivity index (χ1) is 15.3. The van der Waals surface area contributed by atoms with Crippen LogP contribution in [0, 0.1) is 0 Å². The maximum Gasteiger partial charge on any atom is 0.416 e. The largest absolute Gasteiger partial charge is 0.416 e. The van der Waals surface area contributed by atoms with Gasteiger partial charge in [-0.15, -0.1) is 0 Å². The lowest BCUT2D eigenvalue weighted by Gasteiger charge is -2.26. The molecule has 0 radical (unpaired) electrons. The lowest BCUT2D eigenvalue weighted by atomic mass is 9.94. The molecule has 1 heterocycles. The van der Waals surface area contributed by atoms with Gasteiger partial charge in [0, 0.05) is 25.7 Å². The van der Waals surface area contributed by atoms with Gasteiger partial charge >= 0.3 is 12.4 Å². The first kappa shape index (κ1) is 25.4. The van der Waals surface area contributed by atoms with Gasteiger partial charge in [-0.3, -0.25) is 4.79 Å². The molecule has 0 saturated carbocycles. The molecule has 1 aliphatic heterocycles. The van der Waals surface area contributed by atoms with Crippen LogP contribution in [0.2, 0.25) is 10.0 Å². The minimum Gasteiger partial charge on any atom is -0.338 e. The van der Waals surface area contributed by atoms with Crippen LogP contribution in [-0.2, 0) is 23.7 Å². The van der Waals surface area contributed by atoms with E-state index in [-0.39, 0.29) is 16.7 Å². The van der Waals surface area contributed by atoms with E-state index in [4.69, 9.17) is 23.2 Å². The van der Waals surface area contributed by atoms with Crippen molar-refractivity contribution in [2.75, 3.05) is 20.1 Å². The van der Waals surface area contributed by atoms with Crippen LogP contribution in [-0.4, -0.2) is 30.9 Å². The van der Waals surface area contributed by atoms with E-state index in [0.717, 1.165) is 4.90 Å². The summed E-state index contributed by atoms with van der Waals surface area (Å²) < 4.78 is 78.8. The van der Waals surface area contributed by atoms with Crippen LogP contribution >= 0.6 is 23.2 Å². The molecule has 1 N–H and O–H groups in total. The molecule has 33 heavy (non-hydrogen) atoms. The Kier molecular flexibility index (Phi) is 7.36. The number of likely N-dealkylation sites (N-methyl/N-ethyl adjacent to an activating group) is 1. The van der Waals surface area contributed by atoms with Crippen LogP contribution in [0.5, 0.6) is 0 Å². The Bertz CT molecular complexity index is 1060. The second-order valence-corrected chi connectivity index (χ2v) is 8.40. The van der Waals surface area contributed by atoms with E-state index in [1.807, 2.05) is 0 Å². The fraction of sp³-hybridized carbons (Fsp3) is 0.318. The number of amides is 1. The monoisotopic (exact) mass is 510 g/mol. The maximum atomic E-state index is 13.1. The van der Waals surface area contributed by atoms with Crippen molar-refractivity contribution in [2.45, 2.75) is 25.3 Å². The Morgan fingerprint density at radius 1 is 0.970 bits per heavy atom. The number of nitrogens with zero attached hydrogens (tertiary/aromatic N) is 1. The molecule has 0 saturated heterocycles. The van der Waals surface area contributed by atoms with E-state index in [0.29, 0.717) is 53.4 Å². The smallest absolute Gasteiger partial charge is 0.338 e. The molecule has 2 aromatic carbocycles. The summed E-state index contributed by atoms with van der Waals surface area (Å²) in [6, 6.07) is 6.16. The van der Waals surface area contributed by atoms with Crippen LogP contribution in [0.25, 0.3) is 5.57 Å². The van der Waals surface area contributed by atoms with Crippen LogP contribution in [0.4, 0.5) is 26.3 Å². The Morgan fingerprint density at radius 2 is 1.58 bits per heavy atom. The molecule has 1 amide bonds. The molecule has 11 heteroatoms. The quantitative estimate of drug-likeness (QED) is 0.480. The molecule has 0 atom stereocenters. The number of rotatable bonds is 4. The predicted molar refractivity (Wildman–Crippen MR) is 114 cm³/mol. The van der Waals surface area contributed by atoms with Gasteiger partial charge in [-0.2, -0.15) is 26.3 Å². The summed E-state index contributed by atoms with van der Waals surface area (Å²) in [4.78, 5) is 14.2. The zero-order valence-electron chi connectivity index (χ0n) is 17.2. The molecule has 0 fully saturated rings. The minimum absolute atomic E-state index is 0.0586. The number of nitrogens with one attached hydrogen (secondary N) is 1. The van der Waals surface area contributed by atoms with E-state index < -0.39 is 35.9 Å². The van der Waals surface area contributed by atoms with Crippen molar-refractivity contribution in [3.8, 4) is 0 Å². The average Bonchev–Trinajstić information content (AvgIpc) is 2.73. The fourth-order valence-electron chi connectivity index (χ4n) is 3.57. The molecule has 0 unspecified atom stereocenters. The number of carbonyl (C=O) groups is 1. The highest BCUT2D eigenvalue weighted by molar-refractivity contribution is 6.42. The molecular weight excluding hydrogens is 493 g/mol. The SMILES string of the molecule is CN(Cc1cc(C(F)(F)F)cc(C(F)(F)F)c1)C(=O)C1=C(c2ccc(Cl)c(Cl)c2)CNCC1. The normalized spacial score (nSPS) is 15.1. The Labute approximate surface area is 196 Å². The Morgan fingerprint density at radius 3 is 2.12 bits per heavy atom. The molecule has 0 aliphatic carbocycles. The Hall–Kier alpha value is -2.23. The van der Waals surface area contributed by atoms with Crippen LogP contribution in [0.15, 0.2) is 42.0 Å². The highest BCUT2D eigenvalue weighted by atomic mass is 35.5. The summed E-state index contributed by atoms with van der Waals surface area (Å²) in [6.07, 6.45) is -9.59. The first-order valence-corrected chi connectivity index (χ1v) is 10.4. The number of hydrogen-bond donors (Lipinski definition) is 1. The van der Waals surface area contributed by atoms with Crippen molar-refractivity contribution >= 4 is 34.7 Å². The second-order valence-electron chi connectivity index (χ2n) is 7.59. The Balaban J connectivity index is 1.95. The van der Waals surface area contributed by atoms with Gasteiger partial charge in [0.2, 0.25) is 5.91 Å². The summed E-state index contributed by atoms with van der Waals surface area (Å²) in [5, 5.41) is 3.76. The molecule has 0 aromatic heterocycles. The van der Waals surface area contributed by atoms with Gasteiger partial charge in [0.25, 0.3) is 0 Å². The van der Waals surface area contributed by atoms with E-state index in [2.05, 4.69) is 5.32 Å². The van der Waals surface area contributed by atoms with Gasteiger partial charge in [0.05, 0.1) is 21.2 Å². The molecule has 178 valence electrons. The number of alkyl halides is 6. The predicted octanol–water partition coefficient (Wildman–Crippen LogP) is 6.44. The van der Waals surface area contributed by atoms with Gasteiger partial charge in [0.1, 0.15) is 0 Å². The van der Waals surface area contributed by atoms with Gasteiger partial charge in [-0.25, -0.2) is 0 Å². The average molecular weight is 511 g/mol. The molecule has 3 rings (SSSR count). The van der Waals surface area contributed by atoms with Gasteiger partial charge in [-0.1, -0.05) is 29.3 Å². The fourth-order valence-corrected chi connectivity index (χ4v) is 3.87. The zero-order valence-corrected chi connectivity index (χ0v) is 18.7. The first-order valence-electron chi connectivity index (χ1n) is 9.69. The third-order valence-electron chi connectivity index (χ3n) is 5.16. The molecule has 1 aliphatic rings. The van der Waals surface area contributed by atoms with Crippen molar-refractivity contribution in [3.63, 3.8) is 0 Å². The van der Waals surface area contributed by atoms with Crippen molar-refractivity contribution in [3.05, 3.63) is 74.3 Å². The molecule has 2 aromatic rings. The number of halogens is 8. The number of benzene rings is 2. The van der Waals surface area contributed by atoms with Crippen molar-refractivity contribution in [1.29, 1.82) is 0 Å². The summed E-state index contributed by atoms with van der Waals surface area (Å²) in [5.74, 6) is -0.497. The second kappa shape index (κ2) is 9.56. The summed E-state index contributed by atoms with van der Waals surface area (Å²) in [7, 11) is 1.33. The van der Waals surface area contributed by atoms with Crippen molar-refractivity contribution in [2.24, 2.45) is 0 Å². The molecular formula is C22H18Cl2F6N2O. The molecule has 3 nitrogen and oxygen atoms in total. The van der Waals surface area contributed by atoms with Crippen LogP contribution < -0.4 is 5.32 Å². The van der Waals surface area contributed by atoms with Gasteiger partial charge in [-0.05, 0) is 60.0 Å². The topological polar surface area (TPSA) is 32.3 Å². The van der Waals surface area contributed by atoms with E-state index >= 15 is 0 Å². The summed E-state index contributed by atoms with van der Waals surface area (Å²) in [6.45, 7) is 0.396. The van der Waals surface area contributed by atoms with Crippen molar-refractivity contribution < 1.29 is 31.1 Å². The minimum atomic E-state index is -4.96. The van der Waals surface area contributed by atoms with E-state index in [1.165, 1.54) is 7.05 Å².